The molecule has 2 atom stereocenters. The number of non-ortho nitro benzene ring substituents is 1. The number of nitro benzene ring substituents is 1. The summed E-state index contributed by atoms with van der Waals surface area (Å²) in [6.45, 7) is 6.95. The summed E-state index contributed by atoms with van der Waals surface area (Å²) in [7, 11) is -1.38. The third kappa shape index (κ3) is 3.94. The minimum absolute atomic E-state index is 0.0110. The van der Waals surface area contributed by atoms with Gasteiger partial charge >= 0.3 is 5.97 Å². The van der Waals surface area contributed by atoms with Crippen molar-refractivity contribution in [2.75, 3.05) is 0 Å². The van der Waals surface area contributed by atoms with E-state index in [4.69, 9.17) is 4.74 Å². The lowest BCUT2D eigenvalue weighted by Gasteiger charge is -2.38. The smallest absolute Gasteiger partial charge is 0.338 e. The van der Waals surface area contributed by atoms with Crippen LogP contribution in [0.3, 0.4) is 0 Å². The first-order valence-electron chi connectivity index (χ1n) is 7.74. The zero-order valence-electron chi connectivity index (χ0n) is 13.4. The Bertz CT molecular complexity index is 550. The highest BCUT2D eigenvalue weighted by Gasteiger charge is 2.37. The lowest BCUT2D eigenvalue weighted by atomic mass is 9.97. The Labute approximate surface area is 131 Å². The molecule has 6 heteroatoms. The highest BCUT2D eigenvalue weighted by Crippen LogP contribution is 2.39. The summed E-state index contributed by atoms with van der Waals surface area (Å²) < 4.78 is 5.74. The van der Waals surface area contributed by atoms with Crippen molar-refractivity contribution in [3.8, 4) is 0 Å². The van der Waals surface area contributed by atoms with E-state index in [1.165, 1.54) is 30.7 Å². The maximum Gasteiger partial charge on any atom is 0.338 e. The predicted molar refractivity (Wildman–Crippen MR) is 87.9 cm³/mol. The number of hydrogen-bond donors (Lipinski definition) is 0. The van der Waals surface area contributed by atoms with Gasteiger partial charge in [-0.05, 0) is 36.9 Å². The number of ether oxygens (including phenoxy) is 1. The van der Waals surface area contributed by atoms with Crippen LogP contribution in [0.4, 0.5) is 5.69 Å². The molecular formula is C16H23NO4Si. The van der Waals surface area contributed by atoms with Crippen LogP contribution in [-0.2, 0) is 4.74 Å². The van der Waals surface area contributed by atoms with Crippen molar-refractivity contribution in [3.63, 3.8) is 0 Å². The molecule has 0 aromatic heterocycles. The van der Waals surface area contributed by atoms with Crippen LogP contribution in [0, 0.1) is 10.1 Å². The SMILES string of the molecule is C[Si](C)(C)[C@H]1CCCC[C@H]1OC(=O)c1ccc([N+](=O)[O-])cc1. The van der Waals surface area contributed by atoms with Gasteiger partial charge in [-0.15, -0.1) is 0 Å². The highest BCUT2D eigenvalue weighted by molar-refractivity contribution is 6.77. The lowest BCUT2D eigenvalue weighted by Crippen LogP contribution is -2.40. The fourth-order valence-corrected chi connectivity index (χ4v) is 5.57. The molecule has 1 aromatic rings. The van der Waals surface area contributed by atoms with Gasteiger partial charge in [-0.1, -0.05) is 26.1 Å². The molecule has 0 saturated heterocycles. The van der Waals surface area contributed by atoms with Gasteiger partial charge in [0, 0.05) is 12.1 Å². The molecule has 120 valence electrons. The van der Waals surface area contributed by atoms with Crippen LogP contribution in [0.1, 0.15) is 36.0 Å². The van der Waals surface area contributed by atoms with E-state index in [1.807, 2.05) is 0 Å². The van der Waals surface area contributed by atoms with E-state index in [0.717, 1.165) is 19.3 Å². The zero-order valence-corrected chi connectivity index (χ0v) is 14.4. The number of rotatable bonds is 4. The molecule has 1 aliphatic rings. The first kappa shape index (κ1) is 16.7. The van der Waals surface area contributed by atoms with E-state index < -0.39 is 13.0 Å². The third-order valence-corrected chi connectivity index (χ3v) is 7.27. The molecular weight excluding hydrogens is 298 g/mol. The summed E-state index contributed by atoms with van der Waals surface area (Å²) in [5.41, 5.74) is 0.850. The van der Waals surface area contributed by atoms with E-state index in [9.17, 15) is 14.9 Å². The standard InChI is InChI=1S/C16H23NO4Si/c1-22(2,3)15-7-5-4-6-14(15)21-16(18)12-8-10-13(11-9-12)17(19)20/h8-11,14-15H,4-7H2,1-3H3/t14-,15+/m1/s1. The van der Waals surface area contributed by atoms with Gasteiger partial charge in [0.05, 0.1) is 18.6 Å². The molecule has 0 heterocycles. The van der Waals surface area contributed by atoms with E-state index in [-0.39, 0.29) is 17.8 Å². The van der Waals surface area contributed by atoms with Crippen LogP contribution < -0.4 is 0 Å². The average molecular weight is 321 g/mol. The summed E-state index contributed by atoms with van der Waals surface area (Å²) in [6.07, 6.45) is 4.35. The number of carbonyl (C=O) groups is 1. The molecule has 0 aliphatic heterocycles. The first-order chi connectivity index (χ1) is 10.3. The molecule has 0 radical (unpaired) electrons. The summed E-state index contributed by atoms with van der Waals surface area (Å²) in [5, 5.41) is 10.6. The second kappa shape index (κ2) is 6.60. The van der Waals surface area contributed by atoms with E-state index in [2.05, 4.69) is 19.6 Å². The topological polar surface area (TPSA) is 69.4 Å². The van der Waals surface area contributed by atoms with Gasteiger partial charge in [0.15, 0.2) is 0 Å². The molecule has 5 nitrogen and oxygen atoms in total. The molecule has 1 aliphatic carbocycles. The zero-order chi connectivity index (χ0) is 16.3. The molecule has 1 aromatic carbocycles. The van der Waals surface area contributed by atoms with E-state index in [0.29, 0.717) is 11.1 Å². The van der Waals surface area contributed by atoms with Gasteiger partial charge in [-0.25, -0.2) is 4.79 Å². The number of nitrogens with zero attached hydrogens (tertiary/aromatic N) is 1. The van der Waals surface area contributed by atoms with Gasteiger partial charge < -0.3 is 4.74 Å². The number of hydrogen-bond acceptors (Lipinski definition) is 4. The number of esters is 1. The Morgan fingerprint density at radius 3 is 2.32 bits per heavy atom. The van der Waals surface area contributed by atoms with Gasteiger partial charge in [0.1, 0.15) is 6.10 Å². The Morgan fingerprint density at radius 2 is 1.77 bits per heavy atom. The van der Waals surface area contributed by atoms with Gasteiger partial charge in [0.25, 0.3) is 5.69 Å². The van der Waals surface area contributed by atoms with Crippen molar-refractivity contribution in [2.45, 2.75) is 57.0 Å². The summed E-state index contributed by atoms with van der Waals surface area (Å²) >= 11 is 0. The van der Waals surface area contributed by atoms with Crippen molar-refractivity contribution in [2.24, 2.45) is 0 Å². The lowest BCUT2D eigenvalue weighted by molar-refractivity contribution is -0.384. The van der Waals surface area contributed by atoms with Crippen molar-refractivity contribution in [1.29, 1.82) is 0 Å². The van der Waals surface area contributed by atoms with Crippen LogP contribution in [0.5, 0.6) is 0 Å². The minimum Gasteiger partial charge on any atom is -0.459 e. The largest absolute Gasteiger partial charge is 0.459 e. The van der Waals surface area contributed by atoms with Gasteiger partial charge in [-0.3, -0.25) is 10.1 Å². The normalized spacial score (nSPS) is 22.1. The minimum atomic E-state index is -1.38. The first-order valence-corrected chi connectivity index (χ1v) is 11.3. The van der Waals surface area contributed by atoms with Crippen molar-refractivity contribution < 1.29 is 14.5 Å². The highest BCUT2D eigenvalue weighted by atomic mass is 28.3. The van der Waals surface area contributed by atoms with Crippen molar-refractivity contribution in [3.05, 3.63) is 39.9 Å². The number of benzene rings is 1. The van der Waals surface area contributed by atoms with Crippen LogP contribution in [-0.4, -0.2) is 25.1 Å². The van der Waals surface area contributed by atoms with Gasteiger partial charge in [0.2, 0.25) is 0 Å². The number of nitro groups is 1. The molecule has 2 rings (SSSR count). The van der Waals surface area contributed by atoms with Crippen LogP contribution >= 0.6 is 0 Å². The quantitative estimate of drug-likeness (QED) is 0.356. The molecule has 0 spiro atoms. The molecule has 22 heavy (non-hydrogen) atoms. The van der Waals surface area contributed by atoms with Crippen molar-refractivity contribution >= 4 is 19.7 Å². The van der Waals surface area contributed by atoms with Crippen LogP contribution in [0.15, 0.2) is 24.3 Å². The fourth-order valence-electron chi connectivity index (χ4n) is 3.15. The molecule has 0 N–H and O–H groups in total. The molecule has 0 amide bonds. The molecule has 1 fully saturated rings. The maximum atomic E-state index is 12.3. The second-order valence-corrected chi connectivity index (χ2v) is 12.5. The predicted octanol–water partition coefficient (Wildman–Crippen LogP) is 4.40. The number of carbonyl (C=O) groups excluding carboxylic acids is 1. The Hall–Kier alpha value is -1.69. The van der Waals surface area contributed by atoms with E-state index in [1.54, 1.807) is 0 Å². The summed E-state index contributed by atoms with van der Waals surface area (Å²) in [4.78, 5) is 22.5. The molecule has 1 saturated carbocycles. The van der Waals surface area contributed by atoms with Crippen molar-refractivity contribution in [1.82, 2.24) is 0 Å². The monoisotopic (exact) mass is 321 g/mol. The summed E-state index contributed by atoms with van der Waals surface area (Å²) in [6, 6.07) is 5.61. The van der Waals surface area contributed by atoms with Crippen LogP contribution in [0.2, 0.25) is 25.2 Å². The maximum absolute atomic E-state index is 12.3. The summed E-state index contributed by atoms with van der Waals surface area (Å²) in [5.74, 6) is -0.370. The van der Waals surface area contributed by atoms with Gasteiger partial charge in [-0.2, -0.15) is 0 Å². The molecule has 0 bridgehead atoms. The Balaban J connectivity index is 2.08. The average Bonchev–Trinajstić information content (AvgIpc) is 2.46. The Morgan fingerprint density at radius 1 is 1.18 bits per heavy atom. The fraction of sp³-hybridized carbons (Fsp3) is 0.562. The Kier molecular flexibility index (Phi) is 5.00. The van der Waals surface area contributed by atoms with E-state index >= 15 is 0 Å². The third-order valence-electron chi connectivity index (χ3n) is 4.39. The molecule has 0 unspecified atom stereocenters. The second-order valence-electron chi connectivity index (χ2n) is 7.00. The van der Waals surface area contributed by atoms with Crippen LogP contribution in [0.25, 0.3) is 0 Å².